The summed E-state index contributed by atoms with van der Waals surface area (Å²) in [6.45, 7) is 3.84. The topological polar surface area (TPSA) is 110 Å². The molecule has 0 unspecified atom stereocenters. The van der Waals surface area contributed by atoms with Crippen LogP contribution in [0.2, 0.25) is 0 Å². The summed E-state index contributed by atoms with van der Waals surface area (Å²) in [4.78, 5) is 11.7. The quantitative estimate of drug-likeness (QED) is 0.783. The van der Waals surface area contributed by atoms with Gasteiger partial charge in [0.25, 0.3) is 0 Å². The average Bonchev–Trinajstić information content (AvgIpc) is 2.35. The van der Waals surface area contributed by atoms with Gasteiger partial charge in [-0.05, 0) is 12.8 Å². The lowest BCUT2D eigenvalue weighted by Gasteiger charge is -2.24. The van der Waals surface area contributed by atoms with Gasteiger partial charge in [-0.1, -0.05) is 13.8 Å². The van der Waals surface area contributed by atoms with Crippen LogP contribution in [-0.4, -0.2) is 27.6 Å². The van der Waals surface area contributed by atoms with Gasteiger partial charge in [-0.25, -0.2) is 0 Å². The zero-order valence-electron chi connectivity index (χ0n) is 10.2. The van der Waals surface area contributed by atoms with E-state index in [2.05, 4.69) is 26.3 Å². The summed E-state index contributed by atoms with van der Waals surface area (Å²) < 4.78 is 4.89. The first-order chi connectivity index (χ1) is 8.09. The Bertz CT molecular complexity index is 423. The molecule has 1 aromatic rings. The van der Waals surface area contributed by atoms with E-state index in [9.17, 15) is 5.26 Å². The number of nitrogens with one attached hydrogen (secondary N) is 1. The van der Waals surface area contributed by atoms with Crippen LogP contribution in [0.5, 0.6) is 6.01 Å². The van der Waals surface area contributed by atoms with Crippen molar-refractivity contribution in [2.75, 3.05) is 18.2 Å². The SMILES string of the molecule is CCC(C#N)(CC)Nc1nc(N)nc(OC)n1. The average molecular weight is 236 g/mol. The molecule has 92 valence electrons. The van der Waals surface area contributed by atoms with Gasteiger partial charge < -0.3 is 15.8 Å². The molecule has 0 saturated carbocycles. The van der Waals surface area contributed by atoms with Gasteiger partial charge in [-0.2, -0.15) is 20.2 Å². The first-order valence-corrected chi connectivity index (χ1v) is 5.34. The molecule has 0 aliphatic heterocycles. The van der Waals surface area contributed by atoms with Crippen molar-refractivity contribution in [3.63, 3.8) is 0 Å². The molecule has 0 aliphatic carbocycles. The van der Waals surface area contributed by atoms with Gasteiger partial charge in [0.1, 0.15) is 5.54 Å². The van der Waals surface area contributed by atoms with Crippen LogP contribution in [0.3, 0.4) is 0 Å². The molecular weight excluding hydrogens is 220 g/mol. The fraction of sp³-hybridized carbons (Fsp3) is 0.600. The molecule has 1 rings (SSSR count). The molecule has 1 heterocycles. The first kappa shape index (κ1) is 13.0. The Morgan fingerprint density at radius 3 is 2.47 bits per heavy atom. The summed E-state index contributed by atoms with van der Waals surface area (Å²) in [7, 11) is 1.44. The molecule has 0 amide bonds. The van der Waals surface area contributed by atoms with Gasteiger partial charge in [0.05, 0.1) is 13.2 Å². The molecule has 1 aromatic heterocycles. The number of ether oxygens (including phenoxy) is 1. The summed E-state index contributed by atoms with van der Waals surface area (Å²) in [5.41, 5.74) is 4.82. The third kappa shape index (κ3) is 2.93. The summed E-state index contributed by atoms with van der Waals surface area (Å²) in [5, 5.41) is 12.2. The summed E-state index contributed by atoms with van der Waals surface area (Å²) in [6, 6.07) is 2.35. The van der Waals surface area contributed by atoms with Crippen molar-refractivity contribution in [1.29, 1.82) is 5.26 Å². The zero-order valence-corrected chi connectivity index (χ0v) is 10.2. The highest BCUT2D eigenvalue weighted by Crippen LogP contribution is 2.20. The second-order valence-corrected chi connectivity index (χ2v) is 3.53. The molecule has 7 nitrogen and oxygen atoms in total. The van der Waals surface area contributed by atoms with Crippen molar-refractivity contribution < 1.29 is 4.74 Å². The monoisotopic (exact) mass is 236 g/mol. The minimum Gasteiger partial charge on any atom is -0.467 e. The molecule has 0 radical (unpaired) electrons. The number of hydrogen-bond donors (Lipinski definition) is 2. The maximum absolute atomic E-state index is 9.19. The fourth-order valence-corrected chi connectivity index (χ4v) is 1.35. The summed E-state index contributed by atoms with van der Waals surface area (Å²) in [5.74, 6) is 0.304. The van der Waals surface area contributed by atoms with E-state index in [1.165, 1.54) is 7.11 Å². The number of anilines is 2. The smallest absolute Gasteiger partial charge is 0.322 e. The van der Waals surface area contributed by atoms with E-state index in [1.54, 1.807) is 0 Å². The number of methoxy groups -OCH3 is 1. The molecule has 0 saturated heterocycles. The van der Waals surface area contributed by atoms with Crippen LogP contribution in [0.25, 0.3) is 0 Å². The number of nitriles is 1. The summed E-state index contributed by atoms with van der Waals surface area (Å²) >= 11 is 0. The third-order valence-corrected chi connectivity index (χ3v) is 2.59. The van der Waals surface area contributed by atoms with Crippen molar-refractivity contribution >= 4 is 11.9 Å². The van der Waals surface area contributed by atoms with E-state index < -0.39 is 5.54 Å². The Kier molecular flexibility index (Phi) is 4.04. The highest BCUT2D eigenvalue weighted by atomic mass is 16.5. The van der Waals surface area contributed by atoms with E-state index >= 15 is 0 Å². The van der Waals surface area contributed by atoms with Crippen LogP contribution in [-0.2, 0) is 0 Å². The minimum atomic E-state index is -0.696. The number of hydrogen-bond acceptors (Lipinski definition) is 7. The predicted molar refractivity (Wildman–Crippen MR) is 63.3 cm³/mol. The predicted octanol–water partition coefficient (Wildman–Crippen LogP) is 0.957. The Balaban J connectivity index is 3.02. The van der Waals surface area contributed by atoms with Crippen molar-refractivity contribution in [2.45, 2.75) is 32.2 Å². The van der Waals surface area contributed by atoms with Gasteiger partial charge in [0.15, 0.2) is 0 Å². The van der Waals surface area contributed by atoms with Crippen LogP contribution >= 0.6 is 0 Å². The Hall–Kier alpha value is -2.10. The molecule has 0 aliphatic rings. The third-order valence-electron chi connectivity index (χ3n) is 2.59. The Morgan fingerprint density at radius 2 is 2.00 bits per heavy atom. The number of rotatable bonds is 5. The van der Waals surface area contributed by atoms with Crippen molar-refractivity contribution in [2.24, 2.45) is 0 Å². The Labute approximate surface area is 100 Å². The van der Waals surface area contributed by atoms with Gasteiger partial charge in [-0.15, -0.1) is 0 Å². The van der Waals surface area contributed by atoms with Crippen LogP contribution in [0.1, 0.15) is 26.7 Å². The van der Waals surface area contributed by atoms with Crippen LogP contribution in [0, 0.1) is 11.3 Å². The fourth-order valence-electron chi connectivity index (χ4n) is 1.35. The maximum Gasteiger partial charge on any atom is 0.322 e. The number of nitrogen functional groups attached to an aromatic ring is 1. The van der Waals surface area contributed by atoms with E-state index in [1.807, 2.05) is 13.8 Å². The number of aromatic nitrogens is 3. The molecule has 0 bridgehead atoms. The lowest BCUT2D eigenvalue weighted by molar-refractivity contribution is 0.379. The molecular formula is C10H16N6O. The highest BCUT2D eigenvalue weighted by Gasteiger charge is 2.26. The van der Waals surface area contributed by atoms with Crippen molar-refractivity contribution in [3.05, 3.63) is 0 Å². The summed E-state index contributed by atoms with van der Waals surface area (Å²) in [6.07, 6.45) is 1.27. The van der Waals surface area contributed by atoms with E-state index in [-0.39, 0.29) is 17.9 Å². The van der Waals surface area contributed by atoms with Crippen molar-refractivity contribution in [1.82, 2.24) is 15.0 Å². The molecule has 17 heavy (non-hydrogen) atoms. The maximum atomic E-state index is 9.19. The van der Waals surface area contributed by atoms with Crippen LogP contribution in [0.4, 0.5) is 11.9 Å². The molecule has 3 N–H and O–H groups in total. The zero-order chi connectivity index (χ0) is 12.9. The lowest BCUT2D eigenvalue weighted by atomic mass is 9.95. The second kappa shape index (κ2) is 5.30. The molecule has 0 aromatic carbocycles. The molecule has 7 heteroatoms. The van der Waals surface area contributed by atoms with Crippen molar-refractivity contribution in [3.8, 4) is 12.1 Å². The standard InChI is InChI=1S/C10H16N6O/c1-4-10(5-2,6-11)16-8-13-7(12)14-9(15-8)17-3/h4-5H2,1-3H3,(H3,12,13,14,15,16). The normalized spacial score (nSPS) is 10.7. The lowest BCUT2D eigenvalue weighted by Crippen LogP contribution is -2.36. The minimum absolute atomic E-state index is 0.0541. The van der Waals surface area contributed by atoms with Crippen LogP contribution in [0.15, 0.2) is 0 Å². The van der Waals surface area contributed by atoms with Gasteiger partial charge >= 0.3 is 6.01 Å². The van der Waals surface area contributed by atoms with Crippen LogP contribution < -0.4 is 15.8 Å². The largest absolute Gasteiger partial charge is 0.467 e. The Morgan fingerprint density at radius 1 is 1.35 bits per heavy atom. The second-order valence-electron chi connectivity index (χ2n) is 3.53. The number of nitrogens with zero attached hydrogens (tertiary/aromatic N) is 4. The van der Waals surface area contributed by atoms with E-state index in [0.29, 0.717) is 12.8 Å². The number of nitrogens with two attached hydrogens (primary N) is 1. The van der Waals surface area contributed by atoms with Gasteiger partial charge in [0, 0.05) is 0 Å². The van der Waals surface area contributed by atoms with E-state index in [4.69, 9.17) is 10.5 Å². The van der Waals surface area contributed by atoms with E-state index in [0.717, 1.165) is 0 Å². The molecule has 0 atom stereocenters. The molecule has 0 fully saturated rings. The highest BCUT2D eigenvalue weighted by molar-refractivity contribution is 5.38. The van der Waals surface area contributed by atoms with Gasteiger partial charge in [-0.3, -0.25) is 0 Å². The molecule has 0 spiro atoms. The van der Waals surface area contributed by atoms with Gasteiger partial charge in [0.2, 0.25) is 11.9 Å². The first-order valence-electron chi connectivity index (χ1n) is 5.34.